The van der Waals surface area contributed by atoms with Gasteiger partial charge in [0.15, 0.2) is 6.61 Å². The van der Waals surface area contributed by atoms with Crippen molar-refractivity contribution in [1.82, 2.24) is 14.8 Å². The average Bonchev–Trinajstić information content (AvgIpc) is 3.09. The molecule has 29 heavy (non-hydrogen) atoms. The number of Topliss-reactive ketones (excluding diaryl/α,β-unsaturated/α-hetero) is 1. The van der Waals surface area contributed by atoms with E-state index in [2.05, 4.69) is 10.1 Å². The van der Waals surface area contributed by atoms with Gasteiger partial charge in [0, 0.05) is 5.56 Å². The summed E-state index contributed by atoms with van der Waals surface area (Å²) in [7, 11) is 0. The number of hydrogen-bond donors (Lipinski definition) is 0. The van der Waals surface area contributed by atoms with Crippen LogP contribution in [0.4, 0.5) is 4.39 Å². The minimum Gasteiger partial charge on any atom is -0.451 e. The van der Waals surface area contributed by atoms with E-state index in [-0.39, 0.29) is 17.4 Å². The summed E-state index contributed by atoms with van der Waals surface area (Å²) in [5.74, 6) is -1.16. The Bertz CT molecular complexity index is 1100. The summed E-state index contributed by atoms with van der Waals surface area (Å²) in [6.45, 7) is 9.07. The quantitative estimate of drug-likeness (QED) is 0.482. The van der Waals surface area contributed by atoms with Gasteiger partial charge in [-0.2, -0.15) is 0 Å². The Hall–Kier alpha value is -3.35. The number of esters is 1. The summed E-state index contributed by atoms with van der Waals surface area (Å²) in [4.78, 5) is 29.0. The van der Waals surface area contributed by atoms with Gasteiger partial charge in [0.05, 0.1) is 5.69 Å². The molecule has 0 bridgehead atoms. The van der Waals surface area contributed by atoms with E-state index in [4.69, 9.17) is 4.74 Å². The van der Waals surface area contributed by atoms with E-state index in [0.717, 1.165) is 22.3 Å². The number of halogens is 1. The van der Waals surface area contributed by atoms with Crippen LogP contribution in [-0.2, 0) is 4.74 Å². The maximum Gasteiger partial charge on any atom is 0.378 e. The van der Waals surface area contributed by atoms with E-state index in [1.807, 2.05) is 33.8 Å². The molecule has 0 spiro atoms. The van der Waals surface area contributed by atoms with Crippen molar-refractivity contribution in [3.8, 4) is 5.69 Å². The molecule has 3 aromatic rings. The van der Waals surface area contributed by atoms with Crippen LogP contribution >= 0.6 is 0 Å². The molecule has 0 atom stereocenters. The van der Waals surface area contributed by atoms with E-state index in [1.54, 1.807) is 6.92 Å². The summed E-state index contributed by atoms with van der Waals surface area (Å²) in [5, 5.41) is 4.11. The predicted octanol–water partition coefficient (Wildman–Crippen LogP) is 3.99. The molecule has 7 heteroatoms. The van der Waals surface area contributed by atoms with Gasteiger partial charge in [-0.3, -0.25) is 4.79 Å². The average molecular weight is 395 g/mol. The van der Waals surface area contributed by atoms with Crippen molar-refractivity contribution in [2.24, 2.45) is 0 Å². The Morgan fingerprint density at radius 3 is 2.31 bits per heavy atom. The molecule has 3 rings (SSSR count). The number of rotatable bonds is 5. The van der Waals surface area contributed by atoms with Gasteiger partial charge < -0.3 is 4.74 Å². The number of nitrogens with zero attached hydrogens (tertiary/aromatic N) is 3. The second-order valence-electron chi connectivity index (χ2n) is 6.99. The molecular weight excluding hydrogens is 373 g/mol. The number of aryl methyl sites for hydroxylation is 2. The fourth-order valence-electron chi connectivity index (χ4n) is 3.08. The van der Waals surface area contributed by atoms with Crippen LogP contribution in [0.5, 0.6) is 0 Å². The lowest BCUT2D eigenvalue weighted by atomic mass is 9.93. The number of benzene rings is 2. The maximum absolute atomic E-state index is 13.1. The molecule has 0 saturated carbocycles. The lowest BCUT2D eigenvalue weighted by molar-refractivity contribution is 0.0462. The maximum atomic E-state index is 13.1. The molecule has 1 aromatic heterocycles. The summed E-state index contributed by atoms with van der Waals surface area (Å²) < 4.78 is 19.7. The van der Waals surface area contributed by atoms with E-state index >= 15 is 0 Å². The summed E-state index contributed by atoms with van der Waals surface area (Å²) in [6, 6.07) is 7.46. The van der Waals surface area contributed by atoms with Crippen molar-refractivity contribution in [1.29, 1.82) is 0 Å². The van der Waals surface area contributed by atoms with Gasteiger partial charge in [0.2, 0.25) is 5.78 Å². The Morgan fingerprint density at radius 2 is 1.66 bits per heavy atom. The molecule has 0 aliphatic carbocycles. The standard InChI is InChI=1S/C22H22FN3O3/c1-12-10-19(15(4)14(3)13(12)2)20(27)11-29-22(28)21-24-16(5)26(25-21)18-8-6-17(23)7-9-18/h6-10H,11H2,1-5H3. The highest BCUT2D eigenvalue weighted by molar-refractivity contribution is 6.00. The number of carbonyl (C=O) groups excluding carboxylic acids is 2. The van der Waals surface area contributed by atoms with E-state index in [0.29, 0.717) is 17.1 Å². The topological polar surface area (TPSA) is 74.1 Å². The molecule has 6 nitrogen and oxygen atoms in total. The number of carbonyl (C=O) groups is 2. The first kappa shape index (κ1) is 20.4. The zero-order valence-electron chi connectivity index (χ0n) is 17.0. The van der Waals surface area contributed by atoms with Gasteiger partial charge in [-0.05, 0) is 87.2 Å². The highest BCUT2D eigenvalue weighted by atomic mass is 19.1. The third-order valence-corrected chi connectivity index (χ3v) is 5.14. The first-order valence-electron chi connectivity index (χ1n) is 9.16. The van der Waals surface area contributed by atoms with Gasteiger partial charge in [0.1, 0.15) is 11.6 Å². The predicted molar refractivity (Wildman–Crippen MR) is 106 cm³/mol. The van der Waals surface area contributed by atoms with Crippen LogP contribution in [0.3, 0.4) is 0 Å². The van der Waals surface area contributed by atoms with Crippen LogP contribution in [0.1, 0.15) is 49.1 Å². The minimum atomic E-state index is -0.791. The lowest BCUT2D eigenvalue weighted by Crippen LogP contribution is -2.17. The van der Waals surface area contributed by atoms with Crippen molar-refractivity contribution in [2.45, 2.75) is 34.6 Å². The second kappa shape index (κ2) is 7.95. The molecule has 0 aliphatic rings. The molecular formula is C22H22FN3O3. The van der Waals surface area contributed by atoms with Crippen molar-refractivity contribution >= 4 is 11.8 Å². The first-order chi connectivity index (χ1) is 13.7. The molecule has 0 aliphatic heterocycles. The Balaban J connectivity index is 1.74. The van der Waals surface area contributed by atoms with Crippen molar-refractivity contribution in [3.63, 3.8) is 0 Å². The number of ether oxygens (including phenoxy) is 1. The number of ketones is 1. The van der Waals surface area contributed by atoms with Crippen LogP contribution in [-0.4, -0.2) is 33.1 Å². The lowest BCUT2D eigenvalue weighted by Gasteiger charge is -2.13. The Morgan fingerprint density at radius 1 is 1.00 bits per heavy atom. The largest absolute Gasteiger partial charge is 0.451 e. The number of aromatic nitrogens is 3. The Kier molecular flexibility index (Phi) is 5.59. The first-order valence-corrected chi connectivity index (χ1v) is 9.16. The highest BCUT2D eigenvalue weighted by Gasteiger charge is 2.20. The molecule has 0 unspecified atom stereocenters. The fourth-order valence-corrected chi connectivity index (χ4v) is 3.08. The molecule has 150 valence electrons. The van der Waals surface area contributed by atoms with E-state index in [9.17, 15) is 14.0 Å². The molecule has 1 heterocycles. The van der Waals surface area contributed by atoms with E-state index in [1.165, 1.54) is 28.9 Å². The molecule has 2 aromatic carbocycles. The number of hydrogen-bond acceptors (Lipinski definition) is 5. The van der Waals surface area contributed by atoms with Crippen LogP contribution in [0.25, 0.3) is 5.69 Å². The zero-order chi connectivity index (χ0) is 21.3. The van der Waals surface area contributed by atoms with Crippen molar-refractivity contribution in [2.75, 3.05) is 6.61 Å². The van der Waals surface area contributed by atoms with Gasteiger partial charge >= 0.3 is 5.97 Å². The highest BCUT2D eigenvalue weighted by Crippen LogP contribution is 2.21. The van der Waals surface area contributed by atoms with Crippen LogP contribution < -0.4 is 0 Å². The molecule has 0 fully saturated rings. The van der Waals surface area contributed by atoms with Gasteiger partial charge in [-0.25, -0.2) is 18.9 Å². The van der Waals surface area contributed by atoms with Crippen LogP contribution in [0.15, 0.2) is 30.3 Å². The zero-order valence-corrected chi connectivity index (χ0v) is 17.0. The van der Waals surface area contributed by atoms with Gasteiger partial charge in [0.25, 0.3) is 5.82 Å². The third-order valence-electron chi connectivity index (χ3n) is 5.14. The molecule has 0 saturated heterocycles. The molecule has 0 N–H and O–H groups in total. The normalized spacial score (nSPS) is 10.8. The van der Waals surface area contributed by atoms with Crippen molar-refractivity contribution in [3.05, 3.63) is 75.6 Å². The monoisotopic (exact) mass is 395 g/mol. The van der Waals surface area contributed by atoms with Gasteiger partial charge in [-0.1, -0.05) is 0 Å². The summed E-state index contributed by atoms with van der Waals surface area (Å²) >= 11 is 0. The van der Waals surface area contributed by atoms with Crippen molar-refractivity contribution < 1.29 is 18.7 Å². The SMILES string of the molecule is Cc1cc(C(=O)COC(=O)c2nc(C)n(-c3ccc(F)cc3)n2)c(C)c(C)c1C. The van der Waals surface area contributed by atoms with Gasteiger partial charge in [-0.15, -0.1) is 5.10 Å². The Labute approximate surface area is 168 Å². The van der Waals surface area contributed by atoms with Crippen LogP contribution in [0, 0.1) is 40.4 Å². The van der Waals surface area contributed by atoms with E-state index < -0.39 is 12.6 Å². The molecule has 0 amide bonds. The third kappa shape index (κ3) is 4.08. The second-order valence-corrected chi connectivity index (χ2v) is 6.99. The minimum absolute atomic E-state index is 0.160. The summed E-state index contributed by atoms with van der Waals surface area (Å²) in [5.41, 5.74) is 5.19. The summed E-state index contributed by atoms with van der Waals surface area (Å²) in [6.07, 6.45) is 0. The smallest absolute Gasteiger partial charge is 0.378 e. The van der Waals surface area contributed by atoms with Crippen LogP contribution in [0.2, 0.25) is 0 Å². The molecule has 0 radical (unpaired) electrons. The fraction of sp³-hybridized carbons (Fsp3) is 0.273.